The maximum absolute atomic E-state index is 13.0. The van der Waals surface area contributed by atoms with Crippen molar-refractivity contribution in [3.8, 4) is 5.75 Å². The monoisotopic (exact) mass is 483 g/mol. The van der Waals surface area contributed by atoms with E-state index in [1.165, 1.54) is 11.1 Å². The standard InChI is InChI=1S/C30H33N3O3/c1-4-22-10-12-24(13-11-22)32-17-23(16-29(32)35)30-31-26-7-5-6-8-27(26)33(30)18-25(34)19-36-28-14-9-20(2)15-21(28)3/h5-15,23,25,34H,4,16-19H2,1-3H3/t23-,25+/m1/s1. The molecule has 6 nitrogen and oxygen atoms in total. The van der Waals surface area contributed by atoms with E-state index in [-0.39, 0.29) is 18.4 Å². The van der Waals surface area contributed by atoms with Crippen molar-refractivity contribution in [3.05, 3.63) is 89.2 Å². The molecule has 0 bridgehead atoms. The summed E-state index contributed by atoms with van der Waals surface area (Å²) in [6.07, 6.45) is 0.640. The molecule has 1 amide bonds. The number of nitrogens with zero attached hydrogens (tertiary/aromatic N) is 3. The number of aryl methyl sites for hydroxylation is 3. The van der Waals surface area contributed by atoms with Gasteiger partial charge in [0.05, 0.1) is 17.6 Å². The van der Waals surface area contributed by atoms with E-state index in [2.05, 4.69) is 29.7 Å². The molecule has 2 atom stereocenters. The van der Waals surface area contributed by atoms with Crippen molar-refractivity contribution in [1.82, 2.24) is 9.55 Å². The van der Waals surface area contributed by atoms with Gasteiger partial charge >= 0.3 is 0 Å². The number of para-hydroxylation sites is 2. The van der Waals surface area contributed by atoms with E-state index >= 15 is 0 Å². The van der Waals surface area contributed by atoms with Gasteiger partial charge in [0.1, 0.15) is 24.3 Å². The zero-order valence-corrected chi connectivity index (χ0v) is 21.1. The van der Waals surface area contributed by atoms with Crippen LogP contribution < -0.4 is 9.64 Å². The molecule has 6 heteroatoms. The van der Waals surface area contributed by atoms with E-state index in [9.17, 15) is 9.90 Å². The molecule has 5 rings (SSSR count). The topological polar surface area (TPSA) is 67.6 Å². The number of anilines is 1. The van der Waals surface area contributed by atoms with Crippen molar-refractivity contribution in [2.45, 2.75) is 52.2 Å². The number of benzene rings is 3. The smallest absolute Gasteiger partial charge is 0.227 e. The molecule has 0 aliphatic carbocycles. The Bertz CT molecular complexity index is 1380. The number of aliphatic hydroxyl groups excluding tert-OH is 1. The average Bonchev–Trinajstić information content (AvgIpc) is 3.44. The van der Waals surface area contributed by atoms with Crippen LogP contribution >= 0.6 is 0 Å². The number of amides is 1. The molecule has 1 aliphatic heterocycles. The van der Waals surface area contributed by atoms with E-state index in [1.54, 1.807) is 0 Å². The first-order valence-corrected chi connectivity index (χ1v) is 12.7. The summed E-state index contributed by atoms with van der Waals surface area (Å²) >= 11 is 0. The number of ether oxygens (including phenoxy) is 1. The van der Waals surface area contributed by atoms with Crippen molar-refractivity contribution in [2.24, 2.45) is 0 Å². The molecule has 36 heavy (non-hydrogen) atoms. The van der Waals surface area contributed by atoms with Gasteiger partial charge in [-0.15, -0.1) is 0 Å². The van der Waals surface area contributed by atoms with Crippen LogP contribution in [0.15, 0.2) is 66.7 Å². The van der Waals surface area contributed by atoms with Crippen LogP contribution in [-0.4, -0.2) is 39.8 Å². The second-order valence-corrected chi connectivity index (χ2v) is 9.73. The van der Waals surface area contributed by atoms with Crippen LogP contribution in [0.4, 0.5) is 5.69 Å². The molecule has 0 unspecified atom stereocenters. The third kappa shape index (κ3) is 4.86. The quantitative estimate of drug-likeness (QED) is 0.375. The molecule has 4 aromatic rings. The van der Waals surface area contributed by atoms with Gasteiger partial charge in [-0.05, 0) is 61.7 Å². The fourth-order valence-electron chi connectivity index (χ4n) is 5.05. The third-order valence-electron chi connectivity index (χ3n) is 6.99. The Morgan fingerprint density at radius 2 is 1.86 bits per heavy atom. The maximum Gasteiger partial charge on any atom is 0.227 e. The Hall–Kier alpha value is -3.64. The highest BCUT2D eigenvalue weighted by atomic mass is 16.5. The highest BCUT2D eigenvalue weighted by Crippen LogP contribution is 2.33. The first-order chi connectivity index (χ1) is 17.4. The summed E-state index contributed by atoms with van der Waals surface area (Å²) in [6.45, 7) is 7.27. The lowest BCUT2D eigenvalue weighted by Gasteiger charge is -2.19. The summed E-state index contributed by atoms with van der Waals surface area (Å²) in [7, 11) is 0. The van der Waals surface area contributed by atoms with Gasteiger partial charge in [-0.3, -0.25) is 4.79 Å². The predicted molar refractivity (Wildman–Crippen MR) is 143 cm³/mol. The molecule has 0 radical (unpaired) electrons. The maximum atomic E-state index is 13.0. The van der Waals surface area contributed by atoms with Crippen LogP contribution in [0.25, 0.3) is 11.0 Å². The van der Waals surface area contributed by atoms with E-state index in [0.717, 1.165) is 40.3 Å². The molecule has 1 saturated heterocycles. The Morgan fingerprint density at radius 3 is 2.61 bits per heavy atom. The number of fused-ring (bicyclic) bond motifs is 1. The third-order valence-corrected chi connectivity index (χ3v) is 6.99. The Labute approximate surface area is 212 Å². The summed E-state index contributed by atoms with van der Waals surface area (Å²) in [5, 5.41) is 10.9. The molecule has 1 N–H and O–H groups in total. The first-order valence-electron chi connectivity index (χ1n) is 12.7. The summed E-state index contributed by atoms with van der Waals surface area (Å²) in [6, 6.07) is 22.2. The van der Waals surface area contributed by atoms with Crippen molar-refractivity contribution in [1.29, 1.82) is 0 Å². The normalized spacial score (nSPS) is 16.6. The molecule has 186 valence electrons. The second-order valence-electron chi connectivity index (χ2n) is 9.73. The molecular weight excluding hydrogens is 450 g/mol. The van der Waals surface area contributed by atoms with Crippen LogP contribution in [0.5, 0.6) is 5.75 Å². The van der Waals surface area contributed by atoms with Crippen molar-refractivity contribution < 1.29 is 14.6 Å². The summed E-state index contributed by atoms with van der Waals surface area (Å²) in [5.41, 5.74) is 6.22. The molecule has 1 aromatic heterocycles. The molecule has 0 spiro atoms. The van der Waals surface area contributed by atoms with Gasteiger partial charge in [-0.2, -0.15) is 0 Å². The zero-order chi connectivity index (χ0) is 25.2. The Balaban J connectivity index is 1.36. The second kappa shape index (κ2) is 10.2. The lowest BCUT2D eigenvalue weighted by molar-refractivity contribution is -0.117. The van der Waals surface area contributed by atoms with Gasteiger partial charge in [-0.25, -0.2) is 4.98 Å². The van der Waals surface area contributed by atoms with Gasteiger partial charge in [0.2, 0.25) is 5.91 Å². The van der Waals surface area contributed by atoms with Crippen molar-refractivity contribution in [3.63, 3.8) is 0 Å². The number of carbonyl (C=O) groups excluding carboxylic acids is 1. The first kappa shape index (κ1) is 24.1. The van der Waals surface area contributed by atoms with Crippen LogP contribution in [0.2, 0.25) is 0 Å². The Kier molecular flexibility index (Phi) is 6.79. The molecular formula is C30H33N3O3. The Morgan fingerprint density at radius 1 is 1.08 bits per heavy atom. The number of rotatable bonds is 8. The van der Waals surface area contributed by atoms with E-state index in [4.69, 9.17) is 9.72 Å². The number of aliphatic hydroxyl groups is 1. The van der Waals surface area contributed by atoms with Crippen LogP contribution in [0.3, 0.4) is 0 Å². The average molecular weight is 484 g/mol. The summed E-state index contributed by atoms with van der Waals surface area (Å²) < 4.78 is 8.01. The highest BCUT2D eigenvalue weighted by molar-refractivity contribution is 5.96. The fraction of sp³-hybridized carbons (Fsp3) is 0.333. The number of carbonyl (C=O) groups is 1. The number of hydrogen-bond acceptors (Lipinski definition) is 4. The van der Waals surface area contributed by atoms with Gasteiger partial charge < -0.3 is 19.3 Å². The molecule has 2 heterocycles. The van der Waals surface area contributed by atoms with E-state index in [1.807, 2.05) is 67.3 Å². The predicted octanol–water partition coefficient (Wildman–Crippen LogP) is 5.18. The minimum Gasteiger partial charge on any atom is -0.491 e. The van der Waals surface area contributed by atoms with Crippen LogP contribution in [-0.2, 0) is 17.8 Å². The lowest BCUT2D eigenvalue weighted by Crippen LogP contribution is -2.26. The van der Waals surface area contributed by atoms with Gasteiger partial charge in [0.15, 0.2) is 0 Å². The molecule has 1 aliphatic rings. The largest absolute Gasteiger partial charge is 0.491 e. The van der Waals surface area contributed by atoms with Gasteiger partial charge in [0, 0.05) is 24.6 Å². The highest BCUT2D eigenvalue weighted by Gasteiger charge is 2.35. The minimum absolute atomic E-state index is 0.0526. The van der Waals surface area contributed by atoms with E-state index in [0.29, 0.717) is 19.5 Å². The molecule has 0 saturated carbocycles. The number of aromatic nitrogens is 2. The van der Waals surface area contributed by atoms with Crippen LogP contribution in [0, 0.1) is 13.8 Å². The summed E-state index contributed by atoms with van der Waals surface area (Å²) in [5.74, 6) is 1.66. The van der Waals surface area contributed by atoms with Gasteiger partial charge in [-0.1, -0.05) is 48.9 Å². The number of hydrogen-bond donors (Lipinski definition) is 1. The van der Waals surface area contributed by atoms with Gasteiger partial charge in [0.25, 0.3) is 0 Å². The zero-order valence-electron chi connectivity index (χ0n) is 21.1. The number of imidazole rings is 1. The van der Waals surface area contributed by atoms with Crippen molar-refractivity contribution in [2.75, 3.05) is 18.1 Å². The van der Waals surface area contributed by atoms with Crippen LogP contribution in [0.1, 0.15) is 41.8 Å². The van der Waals surface area contributed by atoms with Crippen molar-refractivity contribution >= 4 is 22.6 Å². The summed E-state index contributed by atoms with van der Waals surface area (Å²) in [4.78, 5) is 19.8. The fourth-order valence-corrected chi connectivity index (χ4v) is 5.05. The molecule has 1 fully saturated rings. The lowest BCUT2D eigenvalue weighted by atomic mass is 10.1. The molecule has 3 aromatic carbocycles. The minimum atomic E-state index is -0.725. The SMILES string of the molecule is CCc1ccc(N2C[C@H](c3nc4ccccc4n3C[C@H](O)COc3ccc(C)cc3C)CC2=O)cc1. The van der Waals surface area contributed by atoms with E-state index < -0.39 is 6.10 Å².